The summed E-state index contributed by atoms with van der Waals surface area (Å²) in [6.07, 6.45) is -0.955. The second kappa shape index (κ2) is 9.22. The number of ether oxygens (including phenoxy) is 1. The summed E-state index contributed by atoms with van der Waals surface area (Å²) in [5, 5.41) is 17.5. The first-order valence-corrected chi connectivity index (χ1v) is 4.55. The van der Waals surface area contributed by atoms with E-state index in [0.29, 0.717) is 6.54 Å². The van der Waals surface area contributed by atoms with Crippen LogP contribution in [0.25, 0.3) is 0 Å². The zero-order chi connectivity index (χ0) is 11.5. The third-order valence-corrected chi connectivity index (χ3v) is 1.81. The molecule has 0 aromatic carbocycles. The van der Waals surface area contributed by atoms with Crippen LogP contribution in [0.15, 0.2) is 0 Å². The van der Waals surface area contributed by atoms with E-state index in [1.165, 1.54) is 0 Å². The van der Waals surface area contributed by atoms with Crippen LogP contribution in [-0.4, -0.2) is 67.1 Å². The molecule has 0 spiro atoms. The number of hydrogen-bond acceptors (Lipinski definition) is 4. The number of nitrogens with zero attached hydrogens (tertiary/aromatic N) is 1. The normalized spacial score (nSPS) is 16.0. The van der Waals surface area contributed by atoms with Gasteiger partial charge < -0.3 is 20.3 Å². The Balaban J connectivity index is 0.000000583. The number of carbonyl (C=O) groups is 2. The maximum atomic E-state index is 10.1. The second-order valence-electron chi connectivity index (χ2n) is 2.79. The molecule has 15 heavy (non-hydrogen) atoms. The third-order valence-electron chi connectivity index (χ3n) is 1.81. The third kappa shape index (κ3) is 8.98. The topological polar surface area (TPSA) is 99.1 Å². The van der Waals surface area contributed by atoms with Crippen molar-refractivity contribution in [1.82, 2.24) is 10.2 Å². The maximum absolute atomic E-state index is 10.1. The van der Waals surface area contributed by atoms with Crippen LogP contribution in [-0.2, 0) is 9.53 Å². The Bertz CT molecular complexity index is 182. The van der Waals surface area contributed by atoms with Gasteiger partial charge in [-0.2, -0.15) is 0 Å². The molecule has 1 aliphatic rings. The minimum absolute atomic E-state index is 0.250. The summed E-state index contributed by atoms with van der Waals surface area (Å²) in [4.78, 5) is 20.6. The minimum atomic E-state index is -0.955. The lowest BCUT2D eigenvalue weighted by Crippen LogP contribution is -2.41. The monoisotopic (exact) mass is 220 g/mol. The van der Waals surface area contributed by atoms with Gasteiger partial charge in [0, 0.05) is 26.2 Å². The van der Waals surface area contributed by atoms with E-state index in [2.05, 4.69) is 10.2 Å². The largest absolute Gasteiger partial charge is 0.483 e. The van der Waals surface area contributed by atoms with E-state index in [4.69, 9.17) is 19.7 Å². The van der Waals surface area contributed by atoms with Crippen LogP contribution in [0.1, 0.15) is 0 Å². The fourth-order valence-electron chi connectivity index (χ4n) is 1.15. The van der Waals surface area contributed by atoms with Crippen molar-refractivity contribution < 1.29 is 24.5 Å². The molecule has 7 heteroatoms. The first kappa shape index (κ1) is 13.7. The zero-order valence-corrected chi connectivity index (χ0v) is 8.39. The highest BCUT2D eigenvalue weighted by molar-refractivity contribution is 5.64. The van der Waals surface area contributed by atoms with Crippen LogP contribution in [0, 0.1) is 0 Å². The van der Waals surface area contributed by atoms with Crippen LogP contribution in [0.2, 0.25) is 0 Å². The van der Waals surface area contributed by atoms with Crippen molar-refractivity contribution in [2.75, 3.05) is 39.4 Å². The molecule has 0 aliphatic carbocycles. The molecule has 0 aromatic heterocycles. The summed E-state index contributed by atoms with van der Waals surface area (Å²) in [7, 11) is 0. The van der Waals surface area contributed by atoms with Crippen LogP contribution in [0.5, 0.6) is 0 Å². The Kier molecular flexibility index (Phi) is 8.40. The van der Waals surface area contributed by atoms with E-state index in [1.807, 2.05) is 0 Å². The number of nitrogens with one attached hydrogen (secondary N) is 1. The molecule has 1 fully saturated rings. The maximum Gasteiger partial charge on any atom is 0.404 e. The molecule has 1 rings (SSSR count). The number of hydrogen-bond donors (Lipinski definition) is 3. The van der Waals surface area contributed by atoms with Gasteiger partial charge in [0.1, 0.15) is 0 Å². The van der Waals surface area contributed by atoms with Crippen molar-refractivity contribution in [2.24, 2.45) is 0 Å². The second-order valence-corrected chi connectivity index (χ2v) is 2.79. The van der Waals surface area contributed by atoms with E-state index in [1.54, 1.807) is 0 Å². The summed E-state index contributed by atoms with van der Waals surface area (Å²) in [5.41, 5.74) is 0. The van der Waals surface area contributed by atoms with Gasteiger partial charge in [0.2, 0.25) is 0 Å². The highest BCUT2D eigenvalue weighted by Crippen LogP contribution is 1.94. The molecule has 7 nitrogen and oxygen atoms in total. The van der Waals surface area contributed by atoms with Gasteiger partial charge in [0.25, 0.3) is 6.47 Å². The predicted octanol–water partition coefficient (Wildman–Crippen LogP) is -0.713. The molecule has 1 aliphatic heterocycles. The summed E-state index contributed by atoms with van der Waals surface area (Å²) in [6.45, 7) is 4.34. The Morgan fingerprint density at radius 3 is 2.47 bits per heavy atom. The van der Waals surface area contributed by atoms with Gasteiger partial charge in [-0.05, 0) is 0 Å². The standard InChI is InChI=1S/C7H14N2O3.CH2O2/c10-7(11)8-1-2-9-3-5-12-6-4-9;2-1-3/h8H,1-6H2,(H,10,11);1H,(H,2,3). The summed E-state index contributed by atoms with van der Waals surface area (Å²) < 4.78 is 5.15. The molecule has 0 unspecified atom stereocenters. The van der Waals surface area contributed by atoms with Gasteiger partial charge in [-0.1, -0.05) is 0 Å². The van der Waals surface area contributed by atoms with Crippen molar-refractivity contribution in [3.8, 4) is 0 Å². The number of amides is 1. The smallest absolute Gasteiger partial charge is 0.404 e. The predicted molar refractivity (Wildman–Crippen MR) is 52.0 cm³/mol. The average Bonchev–Trinajstić information content (AvgIpc) is 2.20. The van der Waals surface area contributed by atoms with Crippen molar-refractivity contribution in [1.29, 1.82) is 0 Å². The van der Waals surface area contributed by atoms with E-state index in [0.717, 1.165) is 32.8 Å². The number of rotatable bonds is 3. The van der Waals surface area contributed by atoms with Crippen LogP contribution < -0.4 is 5.32 Å². The first-order chi connectivity index (χ1) is 7.20. The van der Waals surface area contributed by atoms with E-state index < -0.39 is 6.09 Å². The zero-order valence-electron chi connectivity index (χ0n) is 8.39. The van der Waals surface area contributed by atoms with Crippen LogP contribution in [0.3, 0.4) is 0 Å². The van der Waals surface area contributed by atoms with Gasteiger partial charge in [-0.25, -0.2) is 4.79 Å². The lowest BCUT2D eigenvalue weighted by Gasteiger charge is -2.26. The Morgan fingerprint density at radius 2 is 2.00 bits per heavy atom. The molecule has 0 bridgehead atoms. The molecular formula is C8H16N2O5. The van der Waals surface area contributed by atoms with Gasteiger partial charge >= 0.3 is 6.09 Å². The Labute approximate surface area is 87.6 Å². The van der Waals surface area contributed by atoms with Crippen LogP contribution in [0.4, 0.5) is 4.79 Å². The molecule has 1 saturated heterocycles. The molecule has 1 amide bonds. The lowest BCUT2D eigenvalue weighted by molar-refractivity contribution is -0.122. The quantitative estimate of drug-likeness (QED) is 0.543. The summed E-state index contributed by atoms with van der Waals surface area (Å²) in [5.74, 6) is 0. The SMILES string of the molecule is O=C(O)NCCN1CCOCC1.O=CO. The van der Waals surface area contributed by atoms with Gasteiger partial charge in [0.15, 0.2) is 0 Å². The molecule has 0 aromatic rings. The molecule has 0 radical (unpaired) electrons. The van der Waals surface area contributed by atoms with Crippen LogP contribution >= 0.6 is 0 Å². The highest BCUT2D eigenvalue weighted by Gasteiger charge is 2.09. The lowest BCUT2D eigenvalue weighted by atomic mass is 10.4. The Morgan fingerprint density at radius 1 is 1.47 bits per heavy atom. The fraction of sp³-hybridized carbons (Fsp3) is 0.750. The molecule has 3 N–H and O–H groups in total. The van der Waals surface area contributed by atoms with Crippen molar-refractivity contribution >= 4 is 12.6 Å². The summed E-state index contributed by atoms with van der Waals surface area (Å²) in [6, 6.07) is 0. The number of morpholine rings is 1. The fourth-order valence-corrected chi connectivity index (χ4v) is 1.15. The first-order valence-electron chi connectivity index (χ1n) is 4.55. The van der Waals surface area contributed by atoms with Gasteiger partial charge in [0.05, 0.1) is 13.2 Å². The van der Waals surface area contributed by atoms with Gasteiger partial charge in [-0.15, -0.1) is 0 Å². The molecule has 0 atom stereocenters. The Hall–Kier alpha value is -1.34. The minimum Gasteiger partial charge on any atom is -0.483 e. The highest BCUT2D eigenvalue weighted by atomic mass is 16.5. The molecule has 1 heterocycles. The van der Waals surface area contributed by atoms with E-state index in [-0.39, 0.29) is 6.47 Å². The van der Waals surface area contributed by atoms with E-state index >= 15 is 0 Å². The van der Waals surface area contributed by atoms with E-state index in [9.17, 15) is 4.79 Å². The molecular weight excluding hydrogens is 204 g/mol. The summed E-state index contributed by atoms with van der Waals surface area (Å²) >= 11 is 0. The molecule has 88 valence electrons. The van der Waals surface area contributed by atoms with Crippen molar-refractivity contribution in [3.63, 3.8) is 0 Å². The van der Waals surface area contributed by atoms with Crippen molar-refractivity contribution in [2.45, 2.75) is 0 Å². The number of carboxylic acid groups (broad SMARTS) is 2. The van der Waals surface area contributed by atoms with Gasteiger partial charge in [-0.3, -0.25) is 9.69 Å². The average molecular weight is 220 g/mol. The molecule has 0 saturated carbocycles. The van der Waals surface area contributed by atoms with Crippen molar-refractivity contribution in [3.05, 3.63) is 0 Å².